The predicted molar refractivity (Wildman–Crippen MR) is 97.3 cm³/mol. The number of aromatic nitrogens is 1. The summed E-state index contributed by atoms with van der Waals surface area (Å²) in [7, 11) is 1.53. The third-order valence-electron chi connectivity index (χ3n) is 6.20. The van der Waals surface area contributed by atoms with Crippen LogP contribution in [0.15, 0.2) is 12.3 Å². The van der Waals surface area contributed by atoms with Gasteiger partial charge >= 0.3 is 0 Å². The molecular formula is C19H26N4O4. The molecule has 8 heteroatoms. The fraction of sp³-hybridized carbons (Fsp3) is 0.632. The SMILES string of the molecule is COc1cnc(C)cc1C(=O)NC[C@H]1[C@H]2CN(CC(N)=O)C[C@]23CC[C@H]1O3. The molecule has 0 saturated carbocycles. The molecule has 3 fully saturated rings. The van der Waals surface area contributed by atoms with Crippen molar-refractivity contribution in [3.05, 3.63) is 23.5 Å². The minimum atomic E-state index is -0.314. The standard InChI is InChI=1S/C19H26N4O4/c1-11-5-12(16(26-2)7-21-11)18(25)22-6-13-14-8-23(9-17(20)24)10-19(14)4-3-15(13)27-19/h5,7,13-15H,3-4,6,8-10H2,1-2H3,(H2,20,24)(H,22,25)/t13-,14+,15+,19+/m0/s1. The zero-order valence-electron chi connectivity index (χ0n) is 15.7. The van der Waals surface area contributed by atoms with Gasteiger partial charge in [0.25, 0.3) is 5.91 Å². The first-order valence-electron chi connectivity index (χ1n) is 9.39. The number of nitrogens with two attached hydrogens (primary N) is 1. The maximum Gasteiger partial charge on any atom is 0.255 e. The van der Waals surface area contributed by atoms with Crippen molar-refractivity contribution in [1.29, 1.82) is 0 Å². The Bertz CT molecular complexity index is 770. The van der Waals surface area contributed by atoms with Crippen LogP contribution < -0.4 is 15.8 Å². The molecule has 1 aromatic rings. The highest BCUT2D eigenvalue weighted by molar-refractivity contribution is 5.96. The van der Waals surface area contributed by atoms with Gasteiger partial charge in [0, 0.05) is 37.2 Å². The second-order valence-corrected chi connectivity index (χ2v) is 7.90. The number of amides is 2. The second kappa shape index (κ2) is 6.76. The van der Waals surface area contributed by atoms with E-state index < -0.39 is 0 Å². The Morgan fingerprint density at radius 3 is 3.07 bits per heavy atom. The normalized spacial score (nSPS) is 31.7. The van der Waals surface area contributed by atoms with Crippen LogP contribution >= 0.6 is 0 Å². The van der Waals surface area contributed by atoms with E-state index in [1.807, 2.05) is 6.92 Å². The Hall–Kier alpha value is -2.19. The number of methoxy groups -OCH3 is 1. The maximum absolute atomic E-state index is 12.7. The number of ether oxygens (including phenoxy) is 2. The lowest BCUT2D eigenvalue weighted by Gasteiger charge is -2.29. The van der Waals surface area contributed by atoms with Crippen molar-refractivity contribution in [3.8, 4) is 5.75 Å². The van der Waals surface area contributed by atoms with E-state index in [0.717, 1.165) is 31.6 Å². The molecule has 0 aromatic carbocycles. The number of pyridine rings is 1. The van der Waals surface area contributed by atoms with Crippen LogP contribution in [-0.4, -0.2) is 66.7 Å². The molecular weight excluding hydrogens is 348 g/mol. The summed E-state index contributed by atoms with van der Waals surface area (Å²) >= 11 is 0. The van der Waals surface area contributed by atoms with Crippen LogP contribution in [0.3, 0.4) is 0 Å². The molecule has 4 atom stereocenters. The maximum atomic E-state index is 12.7. The first-order valence-corrected chi connectivity index (χ1v) is 9.39. The summed E-state index contributed by atoms with van der Waals surface area (Å²) in [5, 5.41) is 3.06. The van der Waals surface area contributed by atoms with E-state index in [1.165, 1.54) is 7.11 Å². The molecule has 0 radical (unpaired) electrons. The number of nitrogens with one attached hydrogen (secondary N) is 1. The van der Waals surface area contributed by atoms with Crippen LogP contribution in [0.5, 0.6) is 5.75 Å². The van der Waals surface area contributed by atoms with Crippen molar-refractivity contribution in [1.82, 2.24) is 15.2 Å². The van der Waals surface area contributed by atoms with Crippen molar-refractivity contribution >= 4 is 11.8 Å². The van der Waals surface area contributed by atoms with Gasteiger partial charge in [0.05, 0.1) is 37.1 Å². The highest BCUT2D eigenvalue weighted by Crippen LogP contribution is 2.54. The Morgan fingerprint density at radius 2 is 2.33 bits per heavy atom. The Morgan fingerprint density at radius 1 is 1.52 bits per heavy atom. The third kappa shape index (κ3) is 3.17. The van der Waals surface area contributed by atoms with Crippen LogP contribution in [0, 0.1) is 18.8 Å². The minimum Gasteiger partial charge on any atom is -0.494 e. The Labute approximate surface area is 158 Å². The first kappa shape index (κ1) is 18.2. The molecule has 2 amide bonds. The zero-order valence-corrected chi connectivity index (χ0v) is 15.7. The van der Waals surface area contributed by atoms with Gasteiger partial charge in [-0.05, 0) is 25.8 Å². The molecule has 2 bridgehead atoms. The van der Waals surface area contributed by atoms with Crippen LogP contribution in [0.2, 0.25) is 0 Å². The number of fused-ring (bicyclic) bond motifs is 1. The molecule has 0 unspecified atom stereocenters. The summed E-state index contributed by atoms with van der Waals surface area (Å²) in [4.78, 5) is 30.2. The van der Waals surface area contributed by atoms with Crippen molar-refractivity contribution in [2.75, 3.05) is 33.3 Å². The van der Waals surface area contributed by atoms with Gasteiger partial charge in [0.2, 0.25) is 5.91 Å². The average molecular weight is 374 g/mol. The summed E-state index contributed by atoms with van der Waals surface area (Å²) in [6, 6.07) is 1.73. The number of primary amides is 1. The van der Waals surface area contributed by atoms with Crippen LogP contribution in [0.1, 0.15) is 28.9 Å². The average Bonchev–Trinajstić information content (AvgIpc) is 3.26. The molecule has 3 aliphatic heterocycles. The molecule has 3 saturated heterocycles. The fourth-order valence-corrected chi connectivity index (χ4v) is 5.09. The van der Waals surface area contributed by atoms with Gasteiger partial charge < -0.3 is 20.5 Å². The molecule has 4 rings (SSSR count). The summed E-state index contributed by atoms with van der Waals surface area (Å²) < 4.78 is 11.6. The fourth-order valence-electron chi connectivity index (χ4n) is 5.09. The monoisotopic (exact) mass is 374 g/mol. The minimum absolute atomic E-state index is 0.166. The molecule has 1 aromatic heterocycles. The number of rotatable bonds is 6. The second-order valence-electron chi connectivity index (χ2n) is 7.90. The third-order valence-corrected chi connectivity index (χ3v) is 6.20. The lowest BCUT2D eigenvalue weighted by molar-refractivity contribution is -0.119. The molecule has 3 aliphatic rings. The van der Waals surface area contributed by atoms with Gasteiger partial charge in [-0.1, -0.05) is 0 Å². The van der Waals surface area contributed by atoms with E-state index in [2.05, 4.69) is 15.2 Å². The Balaban J connectivity index is 1.44. The number of likely N-dealkylation sites (tertiary alicyclic amines) is 1. The molecule has 8 nitrogen and oxygen atoms in total. The van der Waals surface area contributed by atoms with Gasteiger partial charge in [-0.2, -0.15) is 0 Å². The van der Waals surface area contributed by atoms with E-state index >= 15 is 0 Å². The number of hydrogen-bond donors (Lipinski definition) is 2. The van der Waals surface area contributed by atoms with Gasteiger partial charge in [-0.25, -0.2) is 0 Å². The predicted octanol–water partition coefficient (Wildman–Crippen LogP) is 0.0931. The van der Waals surface area contributed by atoms with Gasteiger partial charge in [-0.3, -0.25) is 19.5 Å². The van der Waals surface area contributed by atoms with E-state index in [1.54, 1.807) is 12.3 Å². The van der Waals surface area contributed by atoms with E-state index in [4.69, 9.17) is 15.2 Å². The van der Waals surface area contributed by atoms with E-state index in [-0.39, 0.29) is 36.0 Å². The number of hydrogen-bond acceptors (Lipinski definition) is 6. The summed E-state index contributed by atoms with van der Waals surface area (Å²) in [5.74, 6) is 0.547. The lowest BCUT2D eigenvalue weighted by atomic mass is 9.73. The molecule has 1 spiro atoms. The molecule has 27 heavy (non-hydrogen) atoms. The van der Waals surface area contributed by atoms with Crippen molar-refractivity contribution in [3.63, 3.8) is 0 Å². The largest absolute Gasteiger partial charge is 0.494 e. The molecule has 146 valence electrons. The molecule has 3 N–H and O–H groups in total. The summed E-state index contributed by atoms with van der Waals surface area (Å²) in [6.07, 6.45) is 3.75. The quantitative estimate of drug-likeness (QED) is 0.731. The number of nitrogens with zero attached hydrogens (tertiary/aromatic N) is 2. The zero-order chi connectivity index (χ0) is 19.2. The highest BCUT2D eigenvalue weighted by Gasteiger charge is 2.62. The molecule has 4 heterocycles. The van der Waals surface area contributed by atoms with Crippen molar-refractivity contribution in [2.45, 2.75) is 31.5 Å². The summed E-state index contributed by atoms with van der Waals surface area (Å²) in [5.41, 5.74) is 6.44. The highest BCUT2D eigenvalue weighted by atomic mass is 16.5. The van der Waals surface area contributed by atoms with Crippen LogP contribution in [0.4, 0.5) is 0 Å². The topological polar surface area (TPSA) is 107 Å². The number of carbonyl (C=O) groups excluding carboxylic acids is 2. The smallest absolute Gasteiger partial charge is 0.255 e. The van der Waals surface area contributed by atoms with Crippen molar-refractivity contribution in [2.24, 2.45) is 17.6 Å². The van der Waals surface area contributed by atoms with Gasteiger partial charge in [-0.15, -0.1) is 0 Å². The van der Waals surface area contributed by atoms with E-state index in [0.29, 0.717) is 23.8 Å². The summed E-state index contributed by atoms with van der Waals surface area (Å²) in [6.45, 7) is 4.19. The van der Waals surface area contributed by atoms with Gasteiger partial charge in [0.1, 0.15) is 5.75 Å². The van der Waals surface area contributed by atoms with Gasteiger partial charge in [0.15, 0.2) is 0 Å². The number of aryl methyl sites for hydroxylation is 1. The van der Waals surface area contributed by atoms with Crippen LogP contribution in [0.25, 0.3) is 0 Å². The van der Waals surface area contributed by atoms with Crippen LogP contribution in [-0.2, 0) is 9.53 Å². The first-order chi connectivity index (χ1) is 12.9. The lowest BCUT2D eigenvalue weighted by Crippen LogP contribution is -2.42. The molecule has 0 aliphatic carbocycles. The van der Waals surface area contributed by atoms with E-state index in [9.17, 15) is 9.59 Å². The van der Waals surface area contributed by atoms with Crippen molar-refractivity contribution < 1.29 is 19.1 Å². The number of carbonyl (C=O) groups is 2. The Kier molecular flexibility index (Phi) is 4.55.